The van der Waals surface area contributed by atoms with Crippen LogP contribution in [0.1, 0.15) is 25.8 Å². The van der Waals surface area contributed by atoms with Crippen LogP contribution in [-0.2, 0) is 6.54 Å². The average molecular weight is 311 g/mol. The van der Waals surface area contributed by atoms with E-state index in [2.05, 4.69) is 71.3 Å². The summed E-state index contributed by atoms with van der Waals surface area (Å²) in [6.45, 7) is 6.81. The molecule has 0 aliphatic carbocycles. The molecule has 3 unspecified atom stereocenters. The summed E-state index contributed by atoms with van der Waals surface area (Å²) in [5, 5.41) is 3.72. The van der Waals surface area contributed by atoms with Crippen molar-refractivity contribution in [1.82, 2.24) is 10.2 Å². The summed E-state index contributed by atoms with van der Waals surface area (Å²) in [7, 11) is 2.23. The van der Waals surface area contributed by atoms with E-state index in [4.69, 9.17) is 0 Å². The standard InChI is InChI=1S/C15H23BrN2/c1-11-10-18(3)12(2)8-15(11)17-9-13-6-4-5-7-14(13)16/h4-7,11-12,15,17H,8-10H2,1-3H3. The number of halogens is 1. The van der Waals surface area contributed by atoms with E-state index < -0.39 is 0 Å². The van der Waals surface area contributed by atoms with Gasteiger partial charge < -0.3 is 10.2 Å². The van der Waals surface area contributed by atoms with Gasteiger partial charge in [-0.1, -0.05) is 41.1 Å². The molecule has 2 nitrogen and oxygen atoms in total. The van der Waals surface area contributed by atoms with Gasteiger partial charge in [-0.2, -0.15) is 0 Å². The van der Waals surface area contributed by atoms with Gasteiger partial charge in [-0.25, -0.2) is 0 Å². The van der Waals surface area contributed by atoms with Crippen molar-refractivity contribution in [2.45, 2.75) is 38.9 Å². The quantitative estimate of drug-likeness (QED) is 0.922. The summed E-state index contributed by atoms with van der Waals surface area (Å²) in [6.07, 6.45) is 1.24. The smallest absolute Gasteiger partial charge is 0.0220 e. The highest BCUT2D eigenvalue weighted by atomic mass is 79.9. The van der Waals surface area contributed by atoms with Crippen LogP contribution in [0.15, 0.2) is 28.7 Å². The molecule has 1 heterocycles. The topological polar surface area (TPSA) is 15.3 Å². The maximum atomic E-state index is 3.72. The van der Waals surface area contributed by atoms with Gasteiger partial charge in [-0.05, 0) is 37.9 Å². The van der Waals surface area contributed by atoms with E-state index in [9.17, 15) is 0 Å². The maximum absolute atomic E-state index is 3.72. The molecule has 0 radical (unpaired) electrons. The van der Waals surface area contributed by atoms with Gasteiger partial charge in [0.2, 0.25) is 0 Å². The SMILES string of the molecule is CC1CN(C)C(C)CC1NCc1ccccc1Br. The molecule has 1 saturated heterocycles. The van der Waals surface area contributed by atoms with Crippen molar-refractivity contribution in [3.05, 3.63) is 34.3 Å². The van der Waals surface area contributed by atoms with Crippen LogP contribution in [-0.4, -0.2) is 30.6 Å². The summed E-state index contributed by atoms with van der Waals surface area (Å²) < 4.78 is 1.20. The number of nitrogens with one attached hydrogen (secondary N) is 1. The summed E-state index contributed by atoms with van der Waals surface area (Å²) in [5.74, 6) is 0.716. The molecular formula is C15H23BrN2. The number of piperidine rings is 1. The Hall–Kier alpha value is -0.380. The van der Waals surface area contributed by atoms with Crippen LogP contribution in [0.4, 0.5) is 0 Å². The zero-order valence-electron chi connectivity index (χ0n) is 11.5. The molecule has 0 amide bonds. The molecule has 1 aromatic carbocycles. The first kappa shape index (κ1) is 14.0. The molecule has 1 aromatic rings. The number of benzene rings is 1. The highest BCUT2D eigenvalue weighted by molar-refractivity contribution is 9.10. The Morgan fingerprint density at radius 3 is 2.78 bits per heavy atom. The summed E-state index contributed by atoms with van der Waals surface area (Å²) in [4.78, 5) is 2.46. The second-order valence-corrected chi connectivity index (χ2v) is 6.43. The van der Waals surface area contributed by atoms with Gasteiger partial charge in [0, 0.05) is 29.6 Å². The van der Waals surface area contributed by atoms with Crippen LogP contribution >= 0.6 is 15.9 Å². The van der Waals surface area contributed by atoms with E-state index in [1.165, 1.54) is 23.0 Å². The van der Waals surface area contributed by atoms with Crippen molar-refractivity contribution in [1.29, 1.82) is 0 Å². The number of nitrogens with zero attached hydrogens (tertiary/aromatic N) is 1. The van der Waals surface area contributed by atoms with Crippen molar-refractivity contribution in [3.63, 3.8) is 0 Å². The molecule has 0 saturated carbocycles. The fourth-order valence-corrected chi connectivity index (χ4v) is 3.13. The minimum Gasteiger partial charge on any atom is -0.310 e. The van der Waals surface area contributed by atoms with Crippen molar-refractivity contribution < 1.29 is 0 Å². The fraction of sp³-hybridized carbons (Fsp3) is 0.600. The molecule has 0 spiro atoms. The lowest BCUT2D eigenvalue weighted by Crippen LogP contribution is -2.50. The van der Waals surface area contributed by atoms with Crippen LogP contribution in [0.3, 0.4) is 0 Å². The number of likely N-dealkylation sites (tertiary alicyclic amines) is 1. The summed E-state index contributed by atoms with van der Waals surface area (Å²) in [6, 6.07) is 9.76. The Labute approximate surface area is 119 Å². The highest BCUT2D eigenvalue weighted by Gasteiger charge is 2.28. The summed E-state index contributed by atoms with van der Waals surface area (Å²) in [5.41, 5.74) is 1.34. The third-order valence-electron chi connectivity index (χ3n) is 4.12. The van der Waals surface area contributed by atoms with Crippen LogP contribution in [0.25, 0.3) is 0 Å². The average Bonchev–Trinajstić information content (AvgIpc) is 2.34. The minimum absolute atomic E-state index is 0.628. The predicted molar refractivity (Wildman–Crippen MR) is 80.6 cm³/mol. The number of hydrogen-bond acceptors (Lipinski definition) is 2. The third-order valence-corrected chi connectivity index (χ3v) is 4.90. The molecule has 1 aliphatic rings. The normalized spacial score (nSPS) is 29.4. The Balaban J connectivity index is 1.92. The molecule has 18 heavy (non-hydrogen) atoms. The second-order valence-electron chi connectivity index (χ2n) is 5.58. The molecule has 1 aliphatic heterocycles. The lowest BCUT2D eigenvalue weighted by Gasteiger charge is -2.40. The fourth-order valence-electron chi connectivity index (χ4n) is 2.71. The predicted octanol–water partition coefficient (Wildman–Crippen LogP) is 3.27. The Bertz CT molecular complexity index is 394. The molecule has 3 heteroatoms. The molecular weight excluding hydrogens is 288 g/mol. The molecule has 1 N–H and O–H groups in total. The van der Waals surface area contributed by atoms with Crippen molar-refractivity contribution >= 4 is 15.9 Å². The zero-order valence-corrected chi connectivity index (χ0v) is 13.1. The largest absolute Gasteiger partial charge is 0.310 e. The van der Waals surface area contributed by atoms with Gasteiger partial charge in [0.25, 0.3) is 0 Å². The van der Waals surface area contributed by atoms with Gasteiger partial charge in [0.15, 0.2) is 0 Å². The van der Waals surface area contributed by atoms with E-state index in [0.717, 1.165) is 6.54 Å². The van der Waals surface area contributed by atoms with Crippen LogP contribution in [0, 0.1) is 5.92 Å². The Kier molecular flexibility index (Phi) is 4.82. The Morgan fingerprint density at radius 1 is 1.33 bits per heavy atom. The lowest BCUT2D eigenvalue weighted by atomic mass is 9.90. The van der Waals surface area contributed by atoms with Crippen LogP contribution < -0.4 is 5.32 Å². The van der Waals surface area contributed by atoms with E-state index in [1.54, 1.807) is 0 Å². The molecule has 100 valence electrons. The van der Waals surface area contributed by atoms with Gasteiger partial charge >= 0.3 is 0 Å². The van der Waals surface area contributed by atoms with Crippen LogP contribution in [0.2, 0.25) is 0 Å². The minimum atomic E-state index is 0.628. The number of hydrogen-bond donors (Lipinski definition) is 1. The van der Waals surface area contributed by atoms with Crippen molar-refractivity contribution in [2.75, 3.05) is 13.6 Å². The van der Waals surface area contributed by atoms with Gasteiger partial charge in [0.1, 0.15) is 0 Å². The first-order valence-corrected chi connectivity index (χ1v) is 7.54. The first-order valence-electron chi connectivity index (χ1n) is 6.75. The van der Waals surface area contributed by atoms with E-state index >= 15 is 0 Å². The lowest BCUT2D eigenvalue weighted by molar-refractivity contribution is 0.121. The Morgan fingerprint density at radius 2 is 2.06 bits per heavy atom. The monoisotopic (exact) mass is 310 g/mol. The highest BCUT2D eigenvalue weighted by Crippen LogP contribution is 2.22. The summed E-state index contributed by atoms with van der Waals surface area (Å²) >= 11 is 3.61. The van der Waals surface area contributed by atoms with Gasteiger partial charge in [-0.3, -0.25) is 0 Å². The second kappa shape index (κ2) is 6.18. The van der Waals surface area contributed by atoms with Crippen LogP contribution in [0.5, 0.6) is 0 Å². The third kappa shape index (κ3) is 3.34. The van der Waals surface area contributed by atoms with E-state index in [1.807, 2.05) is 0 Å². The van der Waals surface area contributed by atoms with E-state index in [-0.39, 0.29) is 0 Å². The van der Waals surface area contributed by atoms with Crippen molar-refractivity contribution in [3.8, 4) is 0 Å². The van der Waals surface area contributed by atoms with Gasteiger partial charge in [0.05, 0.1) is 0 Å². The van der Waals surface area contributed by atoms with E-state index in [0.29, 0.717) is 18.0 Å². The van der Waals surface area contributed by atoms with Crippen molar-refractivity contribution in [2.24, 2.45) is 5.92 Å². The molecule has 0 aromatic heterocycles. The number of rotatable bonds is 3. The zero-order chi connectivity index (χ0) is 13.1. The maximum Gasteiger partial charge on any atom is 0.0220 e. The molecule has 1 fully saturated rings. The molecule has 0 bridgehead atoms. The molecule has 3 atom stereocenters. The first-order chi connectivity index (χ1) is 8.58. The van der Waals surface area contributed by atoms with Gasteiger partial charge in [-0.15, -0.1) is 0 Å². The molecule has 2 rings (SSSR count).